The molecule has 0 bridgehead atoms. The molecule has 0 radical (unpaired) electrons. The molecule has 1 aliphatic heterocycles. The lowest BCUT2D eigenvalue weighted by Crippen LogP contribution is -2.35. The SMILES string of the molecule is COc1ccccc1CN1CCc2nc(-c3cnc(C)cn3)[nH]c(=O)c2C1. The Kier molecular flexibility index (Phi) is 4.68. The zero-order valence-corrected chi connectivity index (χ0v) is 15.4. The molecule has 3 aromatic rings. The molecule has 0 atom stereocenters. The fourth-order valence-corrected chi connectivity index (χ4v) is 3.33. The molecular weight excluding hydrogens is 342 g/mol. The Bertz CT molecular complexity index is 1010. The molecule has 0 fully saturated rings. The number of hydrogen-bond acceptors (Lipinski definition) is 6. The van der Waals surface area contributed by atoms with Crippen molar-refractivity contribution in [2.75, 3.05) is 13.7 Å². The van der Waals surface area contributed by atoms with E-state index in [1.165, 1.54) is 0 Å². The Labute approximate surface area is 157 Å². The second-order valence-electron chi connectivity index (χ2n) is 6.66. The number of aromatic amines is 1. The van der Waals surface area contributed by atoms with Gasteiger partial charge >= 0.3 is 0 Å². The quantitative estimate of drug-likeness (QED) is 0.764. The first kappa shape index (κ1) is 17.4. The Hall–Kier alpha value is -3.06. The number of rotatable bonds is 4. The first-order valence-electron chi connectivity index (χ1n) is 8.89. The number of H-pyrrole nitrogens is 1. The molecule has 4 rings (SSSR count). The van der Waals surface area contributed by atoms with Crippen molar-refractivity contribution in [1.82, 2.24) is 24.8 Å². The zero-order chi connectivity index (χ0) is 18.8. The van der Waals surface area contributed by atoms with Crippen LogP contribution in [0.25, 0.3) is 11.5 Å². The van der Waals surface area contributed by atoms with E-state index in [9.17, 15) is 4.79 Å². The minimum absolute atomic E-state index is 0.109. The highest BCUT2D eigenvalue weighted by atomic mass is 16.5. The van der Waals surface area contributed by atoms with Gasteiger partial charge in [-0.15, -0.1) is 0 Å². The van der Waals surface area contributed by atoms with Gasteiger partial charge in [0.15, 0.2) is 5.82 Å². The standard InChI is InChI=1S/C20H21N5O2/c1-13-9-22-17(10-21-13)19-23-16-7-8-25(12-15(16)20(26)24-19)11-14-5-3-4-6-18(14)27-2/h3-6,9-10H,7-8,11-12H2,1-2H3,(H,23,24,26). The summed E-state index contributed by atoms with van der Waals surface area (Å²) in [7, 11) is 1.68. The maximum absolute atomic E-state index is 12.7. The van der Waals surface area contributed by atoms with Gasteiger partial charge in [-0.05, 0) is 13.0 Å². The smallest absolute Gasteiger partial charge is 0.255 e. The minimum Gasteiger partial charge on any atom is -0.496 e. The fourth-order valence-electron chi connectivity index (χ4n) is 3.33. The normalized spacial score (nSPS) is 14.0. The highest BCUT2D eigenvalue weighted by Crippen LogP contribution is 2.23. The van der Waals surface area contributed by atoms with Crippen LogP contribution < -0.4 is 10.3 Å². The highest BCUT2D eigenvalue weighted by Gasteiger charge is 2.22. The second kappa shape index (κ2) is 7.28. The third-order valence-electron chi connectivity index (χ3n) is 4.76. The predicted molar refractivity (Wildman–Crippen MR) is 101 cm³/mol. The lowest BCUT2D eigenvalue weighted by atomic mass is 10.1. The molecule has 27 heavy (non-hydrogen) atoms. The van der Waals surface area contributed by atoms with Crippen molar-refractivity contribution < 1.29 is 4.74 Å². The zero-order valence-electron chi connectivity index (χ0n) is 15.4. The van der Waals surface area contributed by atoms with E-state index in [-0.39, 0.29) is 5.56 Å². The van der Waals surface area contributed by atoms with Crippen LogP contribution in [-0.2, 0) is 19.5 Å². The second-order valence-corrected chi connectivity index (χ2v) is 6.66. The van der Waals surface area contributed by atoms with Crippen LogP contribution in [0, 0.1) is 6.92 Å². The van der Waals surface area contributed by atoms with E-state index in [0.717, 1.165) is 47.8 Å². The molecule has 1 aromatic carbocycles. The fraction of sp³-hybridized carbons (Fsp3) is 0.300. The Morgan fingerprint density at radius 2 is 2.07 bits per heavy atom. The monoisotopic (exact) mass is 363 g/mol. The van der Waals surface area contributed by atoms with Crippen LogP contribution in [0.4, 0.5) is 0 Å². The van der Waals surface area contributed by atoms with Gasteiger partial charge in [-0.25, -0.2) is 9.97 Å². The highest BCUT2D eigenvalue weighted by molar-refractivity contribution is 5.48. The van der Waals surface area contributed by atoms with E-state index < -0.39 is 0 Å². The van der Waals surface area contributed by atoms with Crippen LogP contribution in [0.15, 0.2) is 41.5 Å². The van der Waals surface area contributed by atoms with Crippen molar-refractivity contribution in [3.05, 3.63) is 69.5 Å². The average molecular weight is 363 g/mol. The molecular formula is C20H21N5O2. The number of aromatic nitrogens is 4. The van der Waals surface area contributed by atoms with E-state index in [2.05, 4.69) is 30.9 Å². The lowest BCUT2D eigenvalue weighted by Gasteiger charge is -2.28. The number of aryl methyl sites for hydroxylation is 1. The molecule has 0 aliphatic carbocycles. The van der Waals surface area contributed by atoms with Gasteiger partial charge in [0.1, 0.15) is 11.4 Å². The maximum Gasteiger partial charge on any atom is 0.255 e. The summed E-state index contributed by atoms with van der Waals surface area (Å²) < 4.78 is 5.43. The summed E-state index contributed by atoms with van der Waals surface area (Å²) in [5, 5.41) is 0. The Morgan fingerprint density at radius 1 is 1.22 bits per heavy atom. The predicted octanol–water partition coefficient (Wildman–Crippen LogP) is 2.10. The van der Waals surface area contributed by atoms with Crippen LogP contribution >= 0.6 is 0 Å². The maximum atomic E-state index is 12.7. The van der Waals surface area contributed by atoms with E-state index in [1.807, 2.05) is 25.1 Å². The number of methoxy groups -OCH3 is 1. The van der Waals surface area contributed by atoms with Crippen LogP contribution in [0.2, 0.25) is 0 Å². The number of benzene rings is 1. The molecule has 138 valence electrons. The van der Waals surface area contributed by atoms with Crippen LogP contribution in [-0.4, -0.2) is 38.5 Å². The minimum atomic E-state index is -0.109. The topological polar surface area (TPSA) is 84.0 Å². The first-order valence-corrected chi connectivity index (χ1v) is 8.89. The van der Waals surface area contributed by atoms with Crippen molar-refractivity contribution in [3.63, 3.8) is 0 Å². The number of nitrogens with zero attached hydrogens (tertiary/aromatic N) is 4. The molecule has 3 heterocycles. The third kappa shape index (κ3) is 3.59. The summed E-state index contributed by atoms with van der Waals surface area (Å²) in [6.07, 6.45) is 4.03. The summed E-state index contributed by atoms with van der Waals surface area (Å²) in [6, 6.07) is 7.96. The van der Waals surface area contributed by atoms with Gasteiger partial charge in [0.05, 0.1) is 30.3 Å². The van der Waals surface area contributed by atoms with E-state index in [4.69, 9.17) is 4.74 Å². The van der Waals surface area contributed by atoms with Gasteiger partial charge in [0, 0.05) is 37.8 Å². The van der Waals surface area contributed by atoms with Crippen molar-refractivity contribution >= 4 is 0 Å². The van der Waals surface area contributed by atoms with Crippen LogP contribution in [0.1, 0.15) is 22.5 Å². The molecule has 0 unspecified atom stereocenters. The van der Waals surface area contributed by atoms with Crippen molar-refractivity contribution in [2.45, 2.75) is 26.4 Å². The van der Waals surface area contributed by atoms with E-state index >= 15 is 0 Å². The number of para-hydroxylation sites is 1. The molecule has 0 saturated carbocycles. The molecule has 1 aliphatic rings. The van der Waals surface area contributed by atoms with Gasteiger partial charge in [-0.3, -0.25) is 14.7 Å². The Balaban J connectivity index is 1.58. The Morgan fingerprint density at radius 3 is 2.85 bits per heavy atom. The number of nitrogens with one attached hydrogen (secondary N) is 1. The summed E-state index contributed by atoms with van der Waals surface area (Å²) in [5.41, 5.74) is 3.97. The number of hydrogen-bond donors (Lipinski definition) is 1. The summed E-state index contributed by atoms with van der Waals surface area (Å²) in [6.45, 7) is 4.00. The van der Waals surface area contributed by atoms with Gasteiger partial charge in [-0.1, -0.05) is 18.2 Å². The lowest BCUT2D eigenvalue weighted by molar-refractivity contribution is 0.238. The largest absolute Gasteiger partial charge is 0.496 e. The summed E-state index contributed by atoms with van der Waals surface area (Å²) >= 11 is 0. The first-order chi connectivity index (χ1) is 13.1. The van der Waals surface area contributed by atoms with Crippen molar-refractivity contribution in [3.8, 4) is 17.3 Å². The average Bonchev–Trinajstić information content (AvgIpc) is 2.69. The van der Waals surface area contributed by atoms with Gasteiger partial charge in [0.25, 0.3) is 5.56 Å². The molecule has 0 amide bonds. The molecule has 0 saturated heterocycles. The van der Waals surface area contributed by atoms with Gasteiger partial charge in [-0.2, -0.15) is 0 Å². The van der Waals surface area contributed by atoms with Crippen LogP contribution in [0.5, 0.6) is 5.75 Å². The van der Waals surface area contributed by atoms with Crippen LogP contribution in [0.3, 0.4) is 0 Å². The van der Waals surface area contributed by atoms with Gasteiger partial charge < -0.3 is 9.72 Å². The molecule has 1 N–H and O–H groups in total. The summed E-state index contributed by atoms with van der Waals surface area (Å²) in [5.74, 6) is 1.34. The molecule has 7 heteroatoms. The third-order valence-corrected chi connectivity index (χ3v) is 4.76. The van der Waals surface area contributed by atoms with Crippen molar-refractivity contribution in [2.24, 2.45) is 0 Å². The van der Waals surface area contributed by atoms with E-state index in [1.54, 1.807) is 19.5 Å². The number of fused-ring (bicyclic) bond motifs is 1. The summed E-state index contributed by atoms with van der Waals surface area (Å²) in [4.78, 5) is 30.9. The molecule has 0 spiro atoms. The molecule has 2 aromatic heterocycles. The molecule has 7 nitrogen and oxygen atoms in total. The number of ether oxygens (including phenoxy) is 1. The van der Waals surface area contributed by atoms with Crippen molar-refractivity contribution in [1.29, 1.82) is 0 Å². The van der Waals surface area contributed by atoms with E-state index in [0.29, 0.717) is 18.1 Å². The van der Waals surface area contributed by atoms with Gasteiger partial charge in [0.2, 0.25) is 0 Å².